The molecule has 0 fully saturated rings. The highest BCUT2D eigenvalue weighted by molar-refractivity contribution is 6.27. The van der Waals surface area contributed by atoms with Crippen LogP contribution in [0.2, 0.25) is 0 Å². The molecule has 27 heavy (non-hydrogen) atoms. The number of rotatable bonds is 12. The molecule has 0 rings (SSSR count). The third-order valence-corrected chi connectivity index (χ3v) is 3.65. The predicted molar refractivity (Wildman–Crippen MR) is 104 cm³/mol. The van der Waals surface area contributed by atoms with Gasteiger partial charge in [-0.2, -0.15) is 0 Å². The molecule has 10 heteroatoms. The van der Waals surface area contributed by atoms with Crippen LogP contribution < -0.4 is 16.0 Å². The number of hydrogen-bond donors (Lipinski definition) is 3. The Labute approximate surface area is 170 Å². The molecule has 0 radical (unpaired) electrons. The van der Waals surface area contributed by atoms with Crippen LogP contribution in [0, 0.1) is 0 Å². The maximum Gasteiger partial charge on any atom is 0.306 e. The molecule has 0 aromatic rings. The van der Waals surface area contributed by atoms with E-state index in [0.29, 0.717) is 25.8 Å². The minimum Gasteiger partial charge on any atom is -0.460 e. The molecule has 0 bridgehead atoms. The first-order valence-electron chi connectivity index (χ1n) is 8.76. The van der Waals surface area contributed by atoms with E-state index < -0.39 is 17.6 Å². The largest absolute Gasteiger partial charge is 0.460 e. The van der Waals surface area contributed by atoms with Gasteiger partial charge in [0, 0.05) is 19.5 Å². The van der Waals surface area contributed by atoms with Gasteiger partial charge in [-0.25, -0.2) is 0 Å². The summed E-state index contributed by atoms with van der Waals surface area (Å²) in [6, 6.07) is -0.773. The number of ether oxygens (including phenoxy) is 1. The third kappa shape index (κ3) is 14.2. The molecule has 8 nitrogen and oxygen atoms in total. The van der Waals surface area contributed by atoms with Crippen LogP contribution >= 0.6 is 23.2 Å². The fourth-order valence-corrected chi connectivity index (χ4v) is 2.21. The van der Waals surface area contributed by atoms with Gasteiger partial charge in [-0.3, -0.25) is 19.2 Å². The van der Waals surface area contributed by atoms with Crippen molar-refractivity contribution in [2.24, 2.45) is 0 Å². The van der Waals surface area contributed by atoms with Gasteiger partial charge in [-0.15, -0.1) is 23.2 Å². The minimum absolute atomic E-state index is 0.134. The highest BCUT2D eigenvalue weighted by atomic mass is 35.5. The van der Waals surface area contributed by atoms with Crippen LogP contribution in [0.3, 0.4) is 0 Å². The predicted octanol–water partition coefficient (Wildman–Crippen LogP) is 1.08. The Morgan fingerprint density at radius 3 is 2.07 bits per heavy atom. The molecule has 0 aliphatic carbocycles. The van der Waals surface area contributed by atoms with Gasteiger partial charge in [0.05, 0.1) is 0 Å². The maximum atomic E-state index is 12.3. The first kappa shape index (κ1) is 25.5. The van der Waals surface area contributed by atoms with E-state index in [9.17, 15) is 19.2 Å². The average Bonchev–Trinajstić information content (AvgIpc) is 2.58. The van der Waals surface area contributed by atoms with Crippen LogP contribution in [0.1, 0.15) is 46.5 Å². The molecule has 0 unspecified atom stereocenters. The van der Waals surface area contributed by atoms with Crippen LogP contribution in [0.25, 0.3) is 0 Å². The normalized spacial score (nSPS) is 12.0. The molecule has 0 aromatic carbocycles. The van der Waals surface area contributed by atoms with Crippen molar-refractivity contribution in [1.82, 2.24) is 16.0 Å². The number of halogens is 2. The second-order valence-corrected chi connectivity index (χ2v) is 7.40. The van der Waals surface area contributed by atoms with Crippen molar-refractivity contribution in [1.29, 1.82) is 0 Å². The van der Waals surface area contributed by atoms with Gasteiger partial charge in [0.1, 0.15) is 23.4 Å². The number of carbonyl (C=O) groups is 4. The summed E-state index contributed by atoms with van der Waals surface area (Å²) in [5.41, 5.74) is -0.545. The molecule has 156 valence electrons. The number of nitrogens with one attached hydrogen (secondary N) is 3. The Balaban J connectivity index is 4.31. The molecular weight excluding hydrogens is 397 g/mol. The highest BCUT2D eigenvalue weighted by Gasteiger charge is 2.20. The van der Waals surface area contributed by atoms with E-state index in [1.54, 1.807) is 20.8 Å². The van der Waals surface area contributed by atoms with Gasteiger partial charge in [-0.05, 0) is 40.0 Å². The number of hydrogen-bond acceptors (Lipinski definition) is 5. The fourth-order valence-electron chi connectivity index (χ4n) is 2.04. The molecule has 0 saturated carbocycles. The second kappa shape index (κ2) is 13.6. The minimum atomic E-state index is -0.773. The zero-order valence-corrected chi connectivity index (χ0v) is 17.5. The van der Waals surface area contributed by atoms with E-state index in [2.05, 4.69) is 16.0 Å². The van der Waals surface area contributed by atoms with E-state index in [1.165, 1.54) is 0 Å². The molecular formula is C17H29Cl2N3O5. The lowest BCUT2D eigenvalue weighted by atomic mass is 10.1. The topological polar surface area (TPSA) is 114 Å². The number of carbonyl (C=O) groups excluding carboxylic acids is 4. The summed E-state index contributed by atoms with van der Waals surface area (Å²) in [6.45, 7) is 5.96. The van der Waals surface area contributed by atoms with Crippen LogP contribution in [0.15, 0.2) is 0 Å². The molecule has 0 aliphatic rings. The van der Waals surface area contributed by atoms with Crippen molar-refractivity contribution >= 4 is 46.9 Å². The number of amides is 3. The molecule has 3 amide bonds. The Morgan fingerprint density at radius 1 is 0.926 bits per heavy atom. The monoisotopic (exact) mass is 425 g/mol. The van der Waals surface area contributed by atoms with Crippen LogP contribution in [-0.4, -0.2) is 60.2 Å². The standard InChI is InChI=1S/C17H29Cl2N3O5/c1-17(2,3)27-15(25)7-5-9-21-16(26)12(22-14(24)11-19)6-4-8-20-13(23)10-18/h12H,4-11H2,1-3H3,(H,20,23)(H,21,26)(H,22,24)/t12-/m0/s1. The smallest absolute Gasteiger partial charge is 0.306 e. The zero-order valence-electron chi connectivity index (χ0n) is 16.0. The molecule has 0 aromatic heterocycles. The van der Waals surface area contributed by atoms with E-state index in [4.69, 9.17) is 27.9 Å². The summed E-state index contributed by atoms with van der Waals surface area (Å²) in [5, 5.41) is 7.80. The lowest BCUT2D eigenvalue weighted by Gasteiger charge is -2.20. The van der Waals surface area contributed by atoms with Gasteiger partial charge in [0.15, 0.2) is 0 Å². The summed E-state index contributed by atoms with van der Waals surface area (Å²) in [6.07, 6.45) is 1.40. The Morgan fingerprint density at radius 2 is 1.52 bits per heavy atom. The first-order chi connectivity index (χ1) is 12.6. The number of alkyl halides is 2. The SMILES string of the molecule is CC(C)(C)OC(=O)CCCNC(=O)[C@H](CCCNC(=O)CCl)NC(=O)CCl. The summed E-state index contributed by atoms with van der Waals surface area (Å²) in [4.78, 5) is 46.5. The van der Waals surface area contributed by atoms with Gasteiger partial charge >= 0.3 is 5.97 Å². The Bertz CT molecular complexity index is 509. The second-order valence-electron chi connectivity index (χ2n) is 6.86. The Kier molecular flexibility index (Phi) is 12.8. The van der Waals surface area contributed by atoms with Crippen molar-refractivity contribution < 1.29 is 23.9 Å². The van der Waals surface area contributed by atoms with Crippen molar-refractivity contribution in [3.8, 4) is 0 Å². The van der Waals surface area contributed by atoms with Crippen LogP contribution in [-0.2, 0) is 23.9 Å². The summed E-state index contributed by atoms with van der Waals surface area (Å²) < 4.78 is 5.19. The molecule has 0 spiro atoms. The number of esters is 1. The Hall–Kier alpha value is -1.54. The van der Waals surface area contributed by atoms with Gasteiger partial charge in [-0.1, -0.05) is 0 Å². The summed E-state index contributed by atoms with van der Waals surface area (Å²) in [5.74, 6) is -1.87. The van der Waals surface area contributed by atoms with E-state index in [0.717, 1.165) is 0 Å². The lowest BCUT2D eigenvalue weighted by Crippen LogP contribution is -2.47. The summed E-state index contributed by atoms with van der Waals surface area (Å²) in [7, 11) is 0. The van der Waals surface area contributed by atoms with Crippen LogP contribution in [0.4, 0.5) is 0 Å². The van der Waals surface area contributed by atoms with E-state index in [1.807, 2.05) is 0 Å². The zero-order chi connectivity index (χ0) is 20.9. The van der Waals surface area contributed by atoms with Crippen molar-refractivity contribution in [3.63, 3.8) is 0 Å². The van der Waals surface area contributed by atoms with Crippen molar-refractivity contribution in [2.75, 3.05) is 24.8 Å². The molecule has 0 heterocycles. The lowest BCUT2D eigenvalue weighted by molar-refractivity contribution is -0.155. The molecule has 0 aliphatic heterocycles. The van der Waals surface area contributed by atoms with Gasteiger partial charge < -0.3 is 20.7 Å². The molecule has 3 N–H and O–H groups in total. The van der Waals surface area contributed by atoms with Crippen LogP contribution in [0.5, 0.6) is 0 Å². The van der Waals surface area contributed by atoms with E-state index in [-0.39, 0.29) is 42.5 Å². The maximum absolute atomic E-state index is 12.3. The fraction of sp³-hybridized carbons (Fsp3) is 0.765. The third-order valence-electron chi connectivity index (χ3n) is 3.16. The summed E-state index contributed by atoms with van der Waals surface area (Å²) >= 11 is 10.8. The van der Waals surface area contributed by atoms with Crippen molar-refractivity contribution in [2.45, 2.75) is 58.1 Å². The van der Waals surface area contributed by atoms with Crippen molar-refractivity contribution in [3.05, 3.63) is 0 Å². The molecule has 1 atom stereocenters. The highest BCUT2D eigenvalue weighted by Crippen LogP contribution is 2.08. The first-order valence-corrected chi connectivity index (χ1v) is 9.83. The van der Waals surface area contributed by atoms with Gasteiger partial charge in [0.25, 0.3) is 0 Å². The van der Waals surface area contributed by atoms with E-state index >= 15 is 0 Å². The van der Waals surface area contributed by atoms with Gasteiger partial charge in [0.2, 0.25) is 17.7 Å². The average molecular weight is 426 g/mol. The quantitative estimate of drug-likeness (QED) is 0.246. The molecule has 0 saturated heterocycles.